The zero-order chi connectivity index (χ0) is 28.8. The molecule has 0 fully saturated rings. The molecule has 3 aromatic carbocycles. The molecule has 0 spiro atoms. The highest BCUT2D eigenvalue weighted by molar-refractivity contribution is 7.99. The normalized spacial score (nSPS) is 11.2. The molecule has 5 rings (SSSR count). The van der Waals surface area contributed by atoms with E-state index < -0.39 is 0 Å². The summed E-state index contributed by atoms with van der Waals surface area (Å²) < 4.78 is 12.9. The summed E-state index contributed by atoms with van der Waals surface area (Å²) in [7, 11) is 5.10. The van der Waals surface area contributed by atoms with Gasteiger partial charge in [0.05, 0.1) is 19.7 Å². The van der Waals surface area contributed by atoms with Gasteiger partial charge in [-0.2, -0.15) is 0 Å². The van der Waals surface area contributed by atoms with Gasteiger partial charge in [0.25, 0.3) is 0 Å². The van der Waals surface area contributed by atoms with Crippen molar-refractivity contribution in [2.45, 2.75) is 37.9 Å². The Labute approximate surface area is 244 Å². The maximum absolute atomic E-state index is 12.7. The standard InChI is InChI=1S/C32H35N5O3S/c1-22-12-14-26-25(19-22)30-31(37(26)21-24-9-6-5-7-10-24)33-32(35-34-30)41-18-8-11-29(38)36(2)17-16-23-13-15-27(39-3)28(20-23)40-4/h5-7,9-10,12-15,19-20H,8,11,16-18,21H2,1-4H3. The lowest BCUT2D eigenvalue weighted by Gasteiger charge is -2.17. The Balaban J connectivity index is 1.19. The van der Waals surface area contributed by atoms with E-state index in [0.717, 1.165) is 46.2 Å². The molecule has 0 aliphatic carbocycles. The van der Waals surface area contributed by atoms with E-state index in [1.165, 1.54) is 11.1 Å². The van der Waals surface area contributed by atoms with Crippen LogP contribution in [0.5, 0.6) is 11.5 Å². The number of aromatic nitrogens is 4. The first-order valence-electron chi connectivity index (χ1n) is 13.7. The lowest BCUT2D eigenvalue weighted by molar-refractivity contribution is -0.129. The van der Waals surface area contributed by atoms with Crippen LogP contribution in [0.2, 0.25) is 0 Å². The number of methoxy groups -OCH3 is 2. The molecule has 41 heavy (non-hydrogen) atoms. The average molecular weight is 570 g/mol. The van der Waals surface area contributed by atoms with Gasteiger partial charge in [0.1, 0.15) is 5.52 Å². The Hall–Kier alpha value is -4.11. The van der Waals surface area contributed by atoms with Crippen molar-refractivity contribution in [1.82, 2.24) is 24.6 Å². The number of ether oxygens (including phenoxy) is 2. The molecule has 0 saturated carbocycles. The van der Waals surface area contributed by atoms with Gasteiger partial charge in [0.15, 0.2) is 17.1 Å². The van der Waals surface area contributed by atoms with Gasteiger partial charge in [-0.05, 0) is 55.2 Å². The van der Waals surface area contributed by atoms with E-state index in [0.29, 0.717) is 36.2 Å². The third-order valence-electron chi connectivity index (χ3n) is 7.16. The number of rotatable bonds is 12. The Morgan fingerprint density at radius 1 is 0.951 bits per heavy atom. The fraction of sp³-hybridized carbons (Fsp3) is 0.312. The third-order valence-corrected chi connectivity index (χ3v) is 8.09. The minimum Gasteiger partial charge on any atom is -0.493 e. The molecule has 2 heterocycles. The summed E-state index contributed by atoms with van der Waals surface area (Å²) in [5, 5.41) is 10.7. The van der Waals surface area contributed by atoms with E-state index >= 15 is 0 Å². The van der Waals surface area contributed by atoms with Crippen LogP contribution in [-0.4, -0.2) is 64.1 Å². The van der Waals surface area contributed by atoms with Gasteiger partial charge < -0.3 is 18.9 Å². The molecule has 212 valence electrons. The smallest absolute Gasteiger partial charge is 0.222 e. The van der Waals surface area contributed by atoms with Crippen molar-refractivity contribution in [3.8, 4) is 11.5 Å². The van der Waals surface area contributed by atoms with Crippen LogP contribution >= 0.6 is 11.8 Å². The van der Waals surface area contributed by atoms with Crippen LogP contribution in [0.25, 0.3) is 22.1 Å². The molecular formula is C32H35N5O3S. The van der Waals surface area contributed by atoms with Crippen LogP contribution in [0.15, 0.2) is 71.9 Å². The molecule has 0 aliphatic rings. The number of carbonyl (C=O) groups is 1. The number of hydrogen-bond donors (Lipinski definition) is 0. The molecule has 1 amide bonds. The zero-order valence-electron chi connectivity index (χ0n) is 24.0. The van der Waals surface area contributed by atoms with Gasteiger partial charge in [0.2, 0.25) is 11.1 Å². The fourth-order valence-corrected chi connectivity index (χ4v) is 5.60. The molecule has 0 atom stereocenters. The summed E-state index contributed by atoms with van der Waals surface area (Å²) >= 11 is 1.54. The molecule has 9 heteroatoms. The SMILES string of the molecule is COc1ccc(CCN(C)C(=O)CCCSc2nnc3c4cc(C)ccc4n(Cc4ccccc4)c3n2)cc1OC. The number of aryl methyl sites for hydroxylation is 1. The number of thioether (sulfide) groups is 1. The molecule has 8 nitrogen and oxygen atoms in total. The maximum atomic E-state index is 12.7. The Morgan fingerprint density at radius 3 is 2.54 bits per heavy atom. The summed E-state index contributed by atoms with van der Waals surface area (Å²) in [5.41, 5.74) is 6.22. The number of benzene rings is 3. The Morgan fingerprint density at radius 2 is 1.76 bits per heavy atom. The summed E-state index contributed by atoms with van der Waals surface area (Å²) in [6, 6.07) is 22.6. The van der Waals surface area contributed by atoms with Crippen LogP contribution in [0, 0.1) is 6.92 Å². The molecule has 0 N–H and O–H groups in total. The predicted molar refractivity (Wildman–Crippen MR) is 164 cm³/mol. The van der Waals surface area contributed by atoms with Crippen molar-refractivity contribution in [2.24, 2.45) is 0 Å². The van der Waals surface area contributed by atoms with Crippen LogP contribution in [0.1, 0.15) is 29.5 Å². The van der Waals surface area contributed by atoms with E-state index in [-0.39, 0.29) is 5.91 Å². The van der Waals surface area contributed by atoms with E-state index in [1.807, 2.05) is 31.3 Å². The van der Waals surface area contributed by atoms with Gasteiger partial charge in [-0.25, -0.2) is 4.98 Å². The minimum absolute atomic E-state index is 0.124. The lowest BCUT2D eigenvalue weighted by atomic mass is 10.1. The van der Waals surface area contributed by atoms with Crippen molar-refractivity contribution in [1.29, 1.82) is 0 Å². The largest absolute Gasteiger partial charge is 0.493 e. The van der Waals surface area contributed by atoms with Gasteiger partial charge in [-0.1, -0.05) is 59.8 Å². The van der Waals surface area contributed by atoms with E-state index in [9.17, 15) is 4.79 Å². The van der Waals surface area contributed by atoms with Crippen LogP contribution in [-0.2, 0) is 17.8 Å². The number of likely N-dealkylation sites (N-methyl/N-ethyl adjacent to an activating group) is 1. The Kier molecular flexibility index (Phi) is 9.04. The summed E-state index contributed by atoms with van der Waals surface area (Å²) in [4.78, 5) is 19.4. The quantitative estimate of drug-likeness (QED) is 0.136. The topological polar surface area (TPSA) is 82.4 Å². The van der Waals surface area contributed by atoms with Crippen LogP contribution in [0.3, 0.4) is 0 Å². The highest BCUT2D eigenvalue weighted by Gasteiger charge is 2.16. The second kappa shape index (κ2) is 13.0. The molecule has 2 aromatic heterocycles. The predicted octanol–water partition coefficient (Wildman–Crippen LogP) is 5.93. The highest BCUT2D eigenvalue weighted by Crippen LogP contribution is 2.30. The van der Waals surface area contributed by atoms with Crippen molar-refractivity contribution in [3.05, 3.63) is 83.4 Å². The molecule has 0 saturated heterocycles. The zero-order valence-corrected chi connectivity index (χ0v) is 24.8. The van der Waals surface area contributed by atoms with Crippen molar-refractivity contribution >= 4 is 39.7 Å². The third kappa shape index (κ3) is 6.62. The Bertz CT molecular complexity index is 1650. The molecule has 0 radical (unpaired) electrons. The molecule has 5 aromatic rings. The van der Waals surface area contributed by atoms with Crippen molar-refractivity contribution in [3.63, 3.8) is 0 Å². The highest BCUT2D eigenvalue weighted by atomic mass is 32.2. The van der Waals surface area contributed by atoms with E-state index in [1.54, 1.807) is 30.9 Å². The monoisotopic (exact) mass is 569 g/mol. The van der Waals surface area contributed by atoms with Gasteiger partial charge >= 0.3 is 0 Å². The second-order valence-electron chi connectivity index (χ2n) is 10.1. The summed E-state index contributed by atoms with van der Waals surface area (Å²) in [6.45, 7) is 3.42. The second-order valence-corrected chi connectivity index (χ2v) is 11.1. The fourth-order valence-electron chi connectivity index (χ4n) is 4.88. The number of hydrogen-bond acceptors (Lipinski definition) is 7. The van der Waals surface area contributed by atoms with E-state index in [4.69, 9.17) is 14.5 Å². The number of nitrogens with zero attached hydrogens (tertiary/aromatic N) is 5. The number of amides is 1. The first-order valence-corrected chi connectivity index (χ1v) is 14.7. The number of fused-ring (bicyclic) bond motifs is 3. The first-order chi connectivity index (χ1) is 20.0. The van der Waals surface area contributed by atoms with Crippen molar-refractivity contribution < 1.29 is 14.3 Å². The van der Waals surface area contributed by atoms with Gasteiger partial charge in [-0.15, -0.1) is 10.2 Å². The summed E-state index contributed by atoms with van der Waals surface area (Å²) in [5.74, 6) is 2.25. The molecule has 0 unspecified atom stereocenters. The first kappa shape index (κ1) is 28.4. The van der Waals surface area contributed by atoms with Crippen LogP contribution < -0.4 is 9.47 Å². The van der Waals surface area contributed by atoms with Gasteiger partial charge in [-0.3, -0.25) is 4.79 Å². The average Bonchev–Trinajstić information content (AvgIpc) is 3.29. The maximum Gasteiger partial charge on any atom is 0.222 e. The number of carbonyl (C=O) groups excluding carboxylic acids is 1. The van der Waals surface area contributed by atoms with Crippen molar-refractivity contribution in [2.75, 3.05) is 33.6 Å². The minimum atomic E-state index is 0.124. The van der Waals surface area contributed by atoms with E-state index in [2.05, 4.69) is 64.2 Å². The van der Waals surface area contributed by atoms with Crippen LogP contribution in [0.4, 0.5) is 0 Å². The molecule has 0 bridgehead atoms. The lowest BCUT2D eigenvalue weighted by Crippen LogP contribution is -2.28. The van der Waals surface area contributed by atoms with Gasteiger partial charge in [0, 0.05) is 37.7 Å². The molecular weight excluding hydrogens is 534 g/mol. The molecule has 0 aliphatic heterocycles. The summed E-state index contributed by atoms with van der Waals surface area (Å²) in [6.07, 6.45) is 1.95.